The van der Waals surface area contributed by atoms with Crippen LogP contribution in [-0.2, 0) is 16.0 Å². The average Bonchev–Trinajstić information content (AvgIpc) is 2.68. The predicted molar refractivity (Wildman–Crippen MR) is 105 cm³/mol. The zero-order valence-corrected chi connectivity index (χ0v) is 16.7. The Morgan fingerprint density at radius 2 is 1.33 bits per heavy atom. The van der Waals surface area contributed by atoms with Gasteiger partial charge in [0.25, 0.3) is 0 Å². The Balaban J connectivity index is 1.65. The van der Waals surface area contributed by atoms with Gasteiger partial charge in [-0.15, -0.1) is 0 Å². The zero-order valence-electron chi connectivity index (χ0n) is 16.7. The molecule has 0 amide bonds. The van der Waals surface area contributed by atoms with Gasteiger partial charge >= 0.3 is 11.9 Å². The lowest BCUT2D eigenvalue weighted by atomic mass is 9.83. The molecule has 148 valence electrons. The highest BCUT2D eigenvalue weighted by atomic mass is 16.5. The topological polar surface area (TPSA) is 52.6 Å². The van der Waals surface area contributed by atoms with Crippen LogP contribution in [0.2, 0.25) is 0 Å². The second-order valence-electron chi connectivity index (χ2n) is 8.30. The number of rotatable bonds is 5. The maximum Gasteiger partial charge on any atom is 0.314 e. The molecule has 2 aliphatic rings. The molecule has 0 heterocycles. The smallest absolute Gasteiger partial charge is 0.314 e. The third-order valence-corrected chi connectivity index (χ3v) is 6.07. The number of ether oxygens (including phenoxy) is 2. The molecule has 0 unspecified atom stereocenters. The summed E-state index contributed by atoms with van der Waals surface area (Å²) in [6.07, 6.45) is 9.97. The first-order chi connectivity index (χ1) is 13.0. The number of benzene rings is 1. The Labute approximate surface area is 162 Å². The van der Waals surface area contributed by atoms with Crippen molar-refractivity contribution in [1.29, 1.82) is 0 Å². The first kappa shape index (κ1) is 19.9. The molecular formula is C23H32O4. The summed E-state index contributed by atoms with van der Waals surface area (Å²) >= 11 is 0. The summed E-state index contributed by atoms with van der Waals surface area (Å²) in [6, 6.07) is 5.44. The third-order valence-electron chi connectivity index (χ3n) is 6.07. The molecule has 4 nitrogen and oxygen atoms in total. The molecular weight excluding hydrogens is 340 g/mol. The van der Waals surface area contributed by atoms with Crippen LogP contribution in [0.3, 0.4) is 0 Å². The van der Waals surface area contributed by atoms with Crippen LogP contribution >= 0.6 is 0 Å². The molecule has 0 saturated heterocycles. The molecule has 0 N–H and O–H groups in total. The van der Waals surface area contributed by atoms with Crippen molar-refractivity contribution >= 4 is 11.9 Å². The number of esters is 2. The van der Waals surface area contributed by atoms with Crippen molar-refractivity contribution in [3.05, 3.63) is 23.8 Å². The molecule has 2 saturated carbocycles. The fourth-order valence-corrected chi connectivity index (χ4v) is 4.19. The van der Waals surface area contributed by atoms with Crippen molar-refractivity contribution in [2.45, 2.75) is 78.1 Å². The van der Waals surface area contributed by atoms with Gasteiger partial charge in [0.15, 0.2) is 0 Å². The van der Waals surface area contributed by atoms with Crippen LogP contribution < -0.4 is 9.47 Å². The number of aryl methyl sites for hydroxylation is 1. The maximum atomic E-state index is 12.5. The van der Waals surface area contributed by atoms with E-state index in [0.717, 1.165) is 63.4 Å². The number of hydrogen-bond donors (Lipinski definition) is 0. The van der Waals surface area contributed by atoms with Crippen molar-refractivity contribution in [3.63, 3.8) is 0 Å². The molecule has 2 aliphatic carbocycles. The van der Waals surface area contributed by atoms with Crippen molar-refractivity contribution in [3.8, 4) is 11.5 Å². The van der Waals surface area contributed by atoms with Gasteiger partial charge in [0.2, 0.25) is 0 Å². The van der Waals surface area contributed by atoms with Gasteiger partial charge in [0.05, 0.1) is 11.8 Å². The van der Waals surface area contributed by atoms with Crippen LogP contribution in [0, 0.1) is 17.8 Å². The van der Waals surface area contributed by atoms with Crippen molar-refractivity contribution < 1.29 is 19.1 Å². The van der Waals surface area contributed by atoms with Gasteiger partial charge < -0.3 is 9.47 Å². The molecule has 0 atom stereocenters. The summed E-state index contributed by atoms with van der Waals surface area (Å²) < 4.78 is 11.3. The van der Waals surface area contributed by atoms with Crippen LogP contribution in [0.4, 0.5) is 0 Å². The maximum absolute atomic E-state index is 12.5. The normalized spacial score (nSPS) is 23.6. The second-order valence-corrected chi connectivity index (χ2v) is 8.30. The van der Waals surface area contributed by atoms with Gasteiger partial charge in [0, 0.05) is 6.07 Å². The molecule has 27 heavy (non-hydrogen) atoms. The quantitative estimate of drug-likeness (QED) is 0.508. The highest BCUT2D eigenvalue weighted by molar-refractivity contribution is 5.77. The van der Waals surface area contributed by atoms with Crippen LogP contribution in [0.15, 0.2) is 18.2 Å². The molecule has 0 aromatic heterocycles. The van der Waals surface area contributed by atoms with Crippen molar-refractivity contribution in [2.24, 2.45) is 17.8 Å². The van der Waals surface area contributed by atoms with E-state index in [1.807, 2.05) is 19.1 Å². The van der Waals surface area contributed by atoms with E-state index < -0.39 is 0 Å². The first-order valence-corrected chi connectivity index (χ1v) is 10.6. The molecule has 0 spiro atoms. The summed E-state index contributed by atoms with van der Waals surface area (Å²) in [5.41, 5.74) is 1.00. The van der Waals surface area contributed by atoms with Crippen molar-refractivity contribution in [1.82, 2.24) is 0 Å². The molecule has 1 aromatic rings. The third kappa shape index (κ3) is 5.57. The number of hydrogen-bond acceptors (Lipinski definition) is 4. The van der Waals surface area contributed by atoms with Crippen LogP contribution in [0.1, 0.15) is 77.2 Å². The molecule has 0 bridgehead atoms. The Morgan fingerprint density at radius 3 is 1.85 bits per heavy atom. The van der Waals surface area contributed by atoms with Crippen molar-refractivity contribution in [2.75, 3.05) is 0 Å². The van der Waals surface area contributed by atoms with Gasteiger partial charge in [0.1, 0.15) is 11.5 Å². The molecule has 0 aliphatic heterocycles. The van der Waals surface area contributed by atoms with Gasteiger partial charge in [-0.2, -0.15) is 0 Å². The fourth-order valence-electron chi connectivity index (χ4n) is 4.19. The molecule has 1 aromatic carbocycles. The largest absolute Gasteiger partial charge is 0.426 e. The minimum Gasteiger partial charge on any atom is -0.426 e. The van der Waals surface area contributed by atoms with E-state index in [1.165, 1.54) is 6.42 Å². The van der Waals surface area contributed by atoms with E-state index in [4.69, 9.17) is 9.47 Å². The van der Waals surface area contributed by atoms with Crippen LogP contribution in [-0.4, -0.2) is 11.9 Å². The standard InChI is InChI=1S/C23H32O4/c1-3-17-13-20(26-22(24)18-7-5-4-6-8-18)15-21(14-17)27-23(25)19-11-9-16(2)10-12-19/h13-16,18-19H,3-12H2,1-2H3. The van der Waals surface area contributed by atoms with Gasteiger partial charge in [-0.25, -0.2) is 0 Å². The van der Waals surface area contributed by atoms with Gasteiger partial charge in [-0.1, -0.05) is 33.1 Å². The number of carbonyl (C=O) groups excluding carboxylic acids is 2. The Morgan fingerprint density at radius 1 is 0.815 bits per heavy atom. The van der Waals surface area contributed by atoms with E-state index in [-0.39, 0.29) is 23.8 Å². The van der Waals surface area contributed by atoms with E-state index in [9.17, 15) is 9.59 Å². The van der Waals surface area contributed by atoms with Gasteiger partial charge in [-0.05, 0) is 68.6 Å². The SMILES string of the molecule is CCc1cc(OC(=O)C2CCCCC2)cc(OC(=O)C2CCC(C)CC2)c1. The molecule has 2 fully saturated rings. The van der Waals surface area contributed by atoms with E-state index in [2.05, 4.69) is 6.92 Å². The minimum absolute atomic E-state index is 0.000684. The highest BCUT2D eigenvalue weighted by Crippen LogP contribution is 2.31. The Hall–Kier alpha value is -1.84. The first-order valence-electron chi connectivity index (χ1n) is 10.6. The summed E-state index contributed by atoms with van der Waals surface area (Å²) in [7, 11) is 0. The summed E-state index contributed by atoms with van der Waals surface area (Å²) in [4.78, 5) is 25.0. The Bertz CT molecular complexity index is 652. The Kier molecular flexibility index (Phi) is 6.92. The van der Waals surface area contributed by atoms with Crippen LogP contribution in [0.25, 0.3) is 0 Å². The monoisotopic (exact) mass is 372 g/mol. The molecule has 4 heteroatoms. The zero-order chi connectivity index (χ0) is 19.2. The molecule has 3 rings (SSSR count). The molecule has 0 radical (unpaired) electrons. The summed E-state index contributed by atoms with van der Waals surface area (Å²) in [5.74, 6) is 1.36. The number of carbonyl (C=O) groups is 2. The lowest BCUT2D eigenvalue weighted by molar-refractivity contribution is -0.140. The summed E-state index contributed by atoms with van der Waals surface area (Å²) in [5, 5.41) is 0. The van der Waals surface area contributed by atoms with Crippen LogP contribution in [0.5, 0.6) is 11.5 Å². The minimum atomic E-state index is -0.153. The second kappa shape index (κ2) is 9.38. The average molecular weight is 373 g/mol. The lowest BCUT2D eigenvalue weighted by Crippen LogP contribution is -2.25. The van der Waals surface area contributed by atoms with Gasteiger partial charge in [-0.3, -0.25) is 9.59 Å². The van der Waals surface area contributed by atoms with E-state index in [0.29, 0.717) is 17.4 Å². The lowest BCUT2D eigenvalue weighted by Gasteiger charge is -2.24. The van der Waals surface area contributed by atoms with E-state index in [1.54, 1.807) is 6.07 Å². The predicted octanol–water partition coefficient (Wildman–Crippen LogP) is 5.47. The highest BCUT2D eigenvalue weighted by Gasteiger charge is 2.27. The fraction of sp³-hybridized carbons (Fsp3) is 0.652. The van der Waals surface area contributed by atoms with E-state index >= 15 is 0 Å². The summed E-state index contributed by atoms with van der Waals surface area (Å²) in [6.45, 7) is 4.27.